The third kappa shape index (κ3) is 6.07. The number of likely N-dealkylation sites (tertiary alicyclic amines) is 1. The van der Waals surface area contributed by atoms with Crippen LogP contribution in [0.25, 0.3) is 0 Å². The largest absolute Gasteiger partial charge is 0.395 e. The fourth-order valence-corrected chi connectivity index (χ4v) is 3.78. The zero-order valence-electron chi connectivity index (χ0n) is 13.3. The summed E-state index contributed by atoms with van der Waals surface area (Å²) < 4.78 is 0. The second-order valence-corrected chi connectivity index (χ2v) is 7.04. The van der Waals surface area contributed by atoms with Gasteiger partial charge in [0.05, 0.1) is 6.61 Å². The highest BCUT2D eigenvalue weighted by Gasteiger charge is 2.22. The maximum absolute atomic E-state index is 11.7. The molecule has 0 spiro atoms. The molecule has 1 amide bonds. The molecule has 1 saturated heterocycles. The summed E-state index contributed by atoms with van der Waals surface area (Å²) >= 11 is 1.76. The van der Waals surface area contributed by atoms with Gasteiger partial charge in [0.25, 0.3) is 0 Å². The average Bonchev–Trinajstić information content (AvgIpc) is 3.18. The summed E-state index contributed by atoms with van der Waals surface area (Å²) in [4.78, 5) is 15.5. The Balaban J connectivity index is 1.45. The first-order chi connectivity index (χ1) is 10.8. The minimum Gasteiger partial charge on any atom is -0.395 e. The highest BCUT2D eigenvalue weighted by molar-refractivity contribution is 7.09. The number of carbonyl (C=O) groups is 1. The molecule has 1 atom stereocenters. The van der Waals surface area contributed by atoms with Crippen LogP contribution in [0.15, 0.2) is 17.5 Å². The zero-order chi connectivity index (χ0) is 15.6. The molecule has 2 rings (SSSR count). The number of rotatable bonds is 10. The second-order valence-electron chi connectivity index (χ2n) is 6.00. The number of hydrogen-bond donors (Lipinski definition) is 2. The molecular formula is C17H28N2O2S. The topological polar surface area (TPSA) is 52.6 Å². The Kier molecular flexibility index (Phi) is 7.91. The van der Waals surface area contributed by atoms with Crippen molar-refractivity contribution in [1.82, 2.24) is 10.2 Å². The lowest BCUT2D eigenvalue weighted by Crippen LogP contribution is -2.33. The summed E-state index contributed by atoms with van der Waals surface area (Å²) in [5.74, 6) is 0.172. The molecule has 124 valence electrons. The van der Waals surface area contributed by atoms with Gasteiger partial charge in [-0.2, -0.15) is 0 Å². The van der Waals surface area contributed by atoms with Gasteiger partial charge in [-0.05, 0) is 63.1 Å². The molecule has 0 saturated carbocycles. The van der Waals surface area contributed by atoms with E-state index in [1.165, 1.54) is 11.3 Å². The van der Waals surface area contributed by atoms with Crippen molar-refractivity contribution in [2.45, 2.75) is 51.0 Å². The molecule has 1 aliphatic rings. The van der Waals surface area contributed by atoms with Crippen molar-refractivity contribution < 1.29 is 9.90 Å². The average molecular weight is 324 g/mol. The van der Waals surface area contributed by atoms with Crippen molar-refractivity contribution in [3.8, 4) is 0 Å². The molecule has 22 heavy (non-hydrogen) atoms. The summed E-state index contributed by atoms with van der Waals surface area (Å²) in [6.45, 7) is 3.20. The minimum absolute atomic E-state index is 0.172. The molecule has 5 heteroatoms. The van der Waals surface area contributed by atoms with Gasteiger partial charge in [-0.25, -0.2) is 0 Å². The second kappa shape index (κ2) is 9.98. The van der Waals surface area contributed by atoms with Gasteiger partial charge in [0.2, 0.25) is 5.91 Å². The number of aliphatic hydroxyl groups excluding tert-OH is 1. The summed E-state index contributed by atoms with van der Waals surface area (Å²) in [6, 6.07) is 4.55. The van der Waals surface area contributed by atoms with Gasteiger partial charge in [0.1, 0.15) is 0 Å². The maximum atomic E-state index is 11.7. The quantitative estimate of drug-likeness (QED) is 0.650. The highest BCUT2D eigenvalue weighted by Crippen LogP contribution is 2.16. The van der Waals surface area contributed by atoms with E-state index in [0.29, 0.717) is 12.5 Å². The van der Waals surface area contributed by atoms with Crippen molar-refractivity contribution in [2.24, 2.45) is 0 Å². The number of carbonyl (C=O) groups excluding carboxylic acids is 1. The molecule has 1 fully saturated rings. The molecule has 0 bridgehead atoms. The Bertz CT molecular complexity index is 422. The van der Waals surface area contributed by atoms with Gasteiger partial charge in [-0.15, -0.1) is 11.3 Å². The number of hydrogen-bond acceptors (Lipinski definition) is 4. The molecule has 1 aliphatic heterocycles. The van der Waals surface area contributed by atoms with Crippen LogP contribution in [0, 0.1) is 0 Å². The molecule has 0 unspecified atom stereocenters. The van der Waals surface area contributed by atoms with Crippen molar-refractivity contribution >= 4 is 17.2 Å². The SMILES string of the molecule is O=C(CCCc1cccs1)NCCCCN1CCC[C@@H]1CO. The Morgan fingerprint density at radius 2 is 2.32 bits per heavy atom. The Hall–Kier alpha value is -0.910. The first-order valence-corrected chi connectivity index (χ1v) is 9.31. The number of amides is 1. The fourth-order valence-electron chi connectivity index (χ4n) is 3.03. The molecule has 0 aliphatic carbocycles. The number of nitrogens with one attached hydrogen (secondary N) is 1. The smallest absolute Gasteiger partial charge is 0.220 e. The molecule has 0 radical (unpaired) electrons. The predicted octanol–water partition coefficient (Wildman–Crippen LogP) is 2.42. The van der Waals surface area contributed by atoms with Crippen LogP contribution in [0.3, 0.4) is 0 Å². The van der Waals surface area contributed by atoms with Crippen LogP contribution in [0.5, 0.6) is 0 Å². The molecule has 1 aromatic heterocycles. The number of aryl methyl sites for hydroxylation is 1. The van der Waals surface area contributed by atoms with Crippen LogP contribution in [-0.4, -0.2) is 48.2 Å². The maximum Gasteiger partial charge on any atom is 0.220 e. The van der Waals surface area contributed by atoms with E-state index in [-0.39, 0.29) is 12.5 Å². The lowest BCUT2D eigenvalue weighted by molar-refractivity contribution is -0.121. The van der Waals surface area contributed by atoms with Gasteiger partial charge < -0.3 is 10.4 Å². The molecule has 2 N–H and O–H groups in total. The van der Waals surface area contributed by atoms with Gasteiger partial charge in [-0.1, -0.05) is 6.07 Å². The summed E-state index contributed by atoms with van der Waals surface area (Å²) in [7, 11) is 0. The summed E-state index contributed by atoms with van der Waals surface area (Å²) in [6.07, 6.45) is 6.98. The van der Waals surface area contributed by atoms with Crippen LogP contribution >= 0.6 is 11.3 Å². The number of nitrogens with zero attached hydrogens (tertiary/aromatic N) is 1. The van der Waals surface area contributed by atoms with Gasteiger partial charge in [0, 0.05) is 23.9 Å². The zero-order valence-corrected chi connectivity index (χ0v) is 14.1. The lowest BCUT2D eigenvalue weighted by Gasteiger charge is -2.22. The van der Waals surface area contributed by atoms with Crippen LogP contribution < -0.4 is 5.32 Å². The Morgan fingerprint density at radius 1 is 1.41 bits per heavy atom. The normalized spacial score (nSPS) is 18.7. The third-order valence-electron chi connectivity index (χ3n) is 4.31. The van der Waals surface area contributed by atoms with E-state index >= 15 is 0 Å². The van der Waals surface area contributed by atoms with Crippen molar-refractivity contribution in [3.05, 3.63) is 22.4 Å². The Morgan fingerprint density at radius 3 is 3.09 bits per heavy atom. The number of unbranched alkanes of at least 4 members (excludes halogenated alkanes) is 1. The standard InChI is InChI=1S/C17H28N2O2S/c20-14-15-6-4-12-19(15)11-2-1-10-18-17(21)9-3-7-16-8-5-13-22-16/h5,8,13,15,20H,1-4,6-7,9-12,14H2,(H,18,21)/t15-/m1/s1. The van der Waals surface area contributed by atoms with E-state index in [0.717, 1.165) is 51.7 Å². The van der Waals surface area contributed by atoms with Gasteiger partial charge in [-0.3, -0.25) is 9.69 Å². The van der Waals surface area contributed by atoms with E-state index in [9.17, 15) is 9.90 Å². The first-order valence-electron chi connectivity index (χ1n) is 8.43. The highest BCUT2D eigenvalue weighted by atomic mass is 32.1. The van der Waals surface area contributed by atoms with Crippen LogP contribution in [0.2, 0.25) is 0 Å². The van der Waals surface area contributed by atoms with Crippen molar-refractivity contribution in [3.63, 3.8) is 0 Å². The molecule has 1 aromatic rings. The van der Waals surface area contributed by atoms with Gasteiger partial charge >= 0.3 is 0 Å². The molecule has 4 nitrogen and oxygen atoms in total. The third-order valence-corrected chi connectivity index (χ3v) is 5.25. The van der Waals surface area contributed by atoms with Crippen molar-refractivity contribution in [1.29, 1.82) is 0 Å². The van der Waals surface area contributed by atoms with E-state index in [2.05, 4.69) is 27.7 Å². The monoisotopic (exact) mass is 324 g/mol. The van der Waals surface area contributed by atoms with Gasteiger partial charge in [0.15, 0.2) is 0 Å². The van der Waals surface area contributed by atoms with E-state index in [1.54, 1.807) is 11.3 Å². The lowest BCUT2D eigenvalue weighted by atomic mass is 10.2. The minimum atomic E-state index is 0.172. The number of aliphatic hydroxyl groups is 1. The number of thiophene rings is 1. The Labute approximate surface area is 137 Å². The first kappa shape index (κ1) is 17.4. The van der Waals surface area contributed by atoms with Crippen molar-refractivity contribution in [2.75, 3.05) is 26.2 Å². The molecule has 2 heterocycles. The molecular weight excluding hydrogens is 296 g/mol. The van der Waals surface area contributed by atoms with Crippen LogP contribution in [0.4, 0.5) is 0 Å². The van der Waals surface area contributed by atoms with E-state index in [1.807, 2.05) is 0 Å². The fraction of sp³-hybridized carbons (Fsp3) is 0.706. The predicted molar refractivity (Wildman–Crippen MR) is 91.2 cm³/mol. The van der Waals surface area contributed by atoms with Crippen LogP contribution in [-0.2, 0) is 11.2 Å². The molecule has 0 aromatic carbocycles. The summed E-state index contributed by atoms with van der Waals surface area (Å²) in [5, 5.41) is 14.4. The summed E-state index contributed by atoms with van der Waals surface area (Å²) in [5.41, 5.74) is 0. The van der Waals surface area contributed by atoms with E-state index in [4.69, 9.17) is 0 Å². The van der Waals surface area contributed by atoms with Crippen LogP contribution in [0.1, 0.15) is 43.4 Å². The van der Waals surface area contributed by atoms with E-state index < -0.39 is 0 Å².